The predicted octanol–water partition coefficient (Wildman–Crippen LogP) is 3.15. The number of hydrogen-bond donors (Lipinski definition) is 1. The van der Waals surface area contributed by atoms with E-state index in [0.717, 1.165) is 25.0 Å². The van der Waals surface area contributed by atoms with Crippen molar-refractivity contribution < 1.29 is 19.1 Å². The van der Waals surface area contributed by atoms with Gasteiger partial charge in [-0.15, -0.1) is 0 Å². The minimum absolute atomic E-state index is 0.0582. The highest BCUT2D eigenvalue weighted by molar-refractivity contribution is 7.07. The van der Waals surface area contributed by atoms with E-state index >= 15 is 0 Å². The Morgan fingerprint density at radius 2 is 2.19 bits per heavy atom. The average molecular weight is 388 g/mol. The lowest BCUT2D eigenvalue weighted by Gasteiger charge is -2.26. The van der Waals surface area contributed by atoms with E-state index in [4.69, 9.17) is 9.47 Å². The van der Waals surface area contributed by atoms with Crippen LogP contribution in [0.4, 0.5) is 5.69 Å². The molecule has 0 bridgehead atoms. The van der Waals surface area contributed by atoms with E-state index in [9.17, 15) is 9.59 Å². The number of para-hydroxylation sites is 1. The predicted molar refractivity (Wildman–Crippen MR) is 105 cm³/mol. The van der Waals surface area contributed by atoms with Crippen molar-refractivity contribution in [2.75, 3.05) is 32.2 Å². The van der Waals surface area contributed by atoms with Crippen molar-refractivity contribution in [3.05, 3.63) is 52.2 Å². The Labute approximate surface area is 163 Å². The van der Waals surface area contributed by atoms with Gasteiger partial charge in [-0.1, -0.05) is 12.1 Å². The Morgan fingerprint density at radius 3 is 2.89 bits per heavy atom. The first-order valence-corrected chi connectivity index (χ1v) is 9.91. The Kier molecular flexibility index (Phi) is 6.98. The van der Waals surface area contributed by atoms with Gasteiger partial charge < -0.3 is 19.7 Å². The Balaban J connectivity index is 1.81. The third kappa shape index (κ3) is 5.38. The molecule has 27 heavy (non-hydrogen) atoms. The summed E-state index contributed by atoms with van der Waals surface area (Å²) in [4.78, 5) is 27.0. The molecule has 1 N–H and O–H groups in total. The average Bonchev–Trinajstić information content (AvgIpc) is 3.35. The number of benzene rings is 1. The fraction of sp³-hybridized carbons (Fsp3) is 0.400. The molecular formula is C20H24N2O4S. The molecule has 144 valence electrons. The van der Waals surface area contributed by atoms with Gasteiger partial charge in [-0.3, -0.25) is 9.59 Å². The van der Waals surface area contributed by atoms with Crippen LogP contribution in [0.3, 0.4) is 0 Å². The normalized spacial score (nSPS) is 16.3. The van der Waals surface area contributed by atoms with E-state index in [0.29, 0.717) is 24.3 Å². The zero-order chi connectivity index (χ0) is 19.1. The van der Waals surface area contributed by atoms with Gasteiger partial charge in [-0.05, 0) is 47.4 Å². The second-order valence-electron chi connectivity index (χ2n) is 6.48. The van der Waals surface area contributed by atoms with Crippen molar-refractivity contribution in [2.24, 2.45) is 0 Å². The number of ether oxygens (including phenoxy) is 2. The van der Waals surface area contributed by atoms with Crippen LogP contribution in [-0.4, -0.2) is 49.7 Å². The molecule has 1 fully saturated rings. The molecule has 1 atom stereocenters. The Hall–Kier alpha value is -2.22. The quantitative estimate of drug-likeness (QED) is 0.754. The molecule has 1 aromatic heterocycles. The molecule has 0 spiro atoms. The van der Waals surface area contributed by atoms with Crippen molar-refractivity contribution >= 4 is 28.8 Å². The van der Waals surface area contributed by atoms with Gasteiger partial charge in [-0.25, -0.2) is 0 Å². The summed E-state index contributed by atoms with van der Waals surface area (Å²) >= 11 is 1.61. The van der Waals surface area contributed by atoms with E-state index in [1.54, 1.807) is 40.5 Å². The van der Waals surface area contributed by atoms with Crippen molar-refractivity contribution in [2.45, 2.75) is 25.5 Å². The maximum atomic E-state index is 13.3. The number of nitrogens with zero attached hydrogens (tertiary/aromatic N) is 1. The van der Waals surface area contributed by atoms with Crippen LogP contribution in [0.15, 0.2) is 41.1 Å². The third-order valence-corrected chi connectivity index (χ3v) is 5.13. The van der Waals surface area contributed by atoms with Crippen molar-refractivity contribution in [3.8, 4) is 0 Å². The molecule has 0 saturated carbocycles. The van der Waals surface area contributed by atoms with Crippen molar-refractivity contribution in [3.63, 3.8) is 0 Å². The van der Waals surface area contributed by atoms with Gasteiger partial charge >= 0.3 is 0 Å². The molecule has 2 aromatic rings. The van der Waals surface area contributed by atoms with Gasteiger partial charge in [0.15, 0.2) is 0 Å². The van der Waals surface area contributed by atoms with E-state index in [-0.39, 0.29) is 24.5 Å². The number of anilines is 1. The van der Waals surface area contributed by atoms with Gasteiger partial charge in [0.05, 0.1) is 17.4 Å². The summed E-state index contributed by atoms with van der Waals surface area (Å²) in [6, 6.07) is 9.08. The van der Waals surface area contributed by atoms with Gasteiger partial charge in [0, 0.05) is 26.8 Å². The number of rotatable bonds is 8. The van der Waals surface area contributed by atoms with Gasteiger partial charge in [0.1, 0.15) is 6.61 Å². The lowest BCUT2D eigenvalue weighted by Crippen LogP contribution is -2.37. The summed E-state index contributed by atoms with van der Waals surface area (Å²) < 4.78 is 10.6. The summed E-state index contributed by atoms with van der Waals surface area (Å²) in [5.41, 5.74) is 2.05. The van der Waals surface area contributed by atoms with Gasteiger partial charge in [-0.2, -0.15) is 11.3 Å². The SMILES string of the molecule is COCC(=O)Nc1ccccc1C(=O)N(Cc1ccsc1)CC1CCCO1. The highest BCUT2D eigenvalue weighted by Gasteiger charge is 2.25. The Bertz CT molecular complexity index is 757. The van der Waals surface area contributed by atoms with E-state index in [1.165, 1.54) is 7.11 Å². The smallest absolute Gasteiger partial charge is 0.256 e. The first-order valence-electron chi connectivity index (χ1n) is 8.97. The zero-order valence-electron chi connectivity index (χ0n) is 15.3. The third-order valence-electron chi connectivity index (χ3n) is 4.40. The second kappa shape index (κ2) is 9.64. The standard InChI is InChI=1S/C20H24N2O4S/c1-25-13-19(23)21-18-7-3-2-6-17(18)20(24)22(11-15-8-10-27-14-15)12-16-5-4-9-26-16/h2-3,6-8,10,14,16H,4-5,9,11-13H2,1H3,(H,21,23). The maximum absolute atomic E-state index is 13.3. The summed E-state index contributed by atoms with van der Waals surface area (Å²) in [5, 5.41) is 6.81. The summed E-state index contributed by atoms with van der Waals surface area (Å²) in [7, 11) is 1.46. The fourth-order valence-corrected chi connectivity index (χ4v) is 3.78. The molecule has 7 heteroatoms. The molecule has 1 aliphatic rings. The van der Waals surface area contributed by atoms with Crippen LogP contribution in [0.1, 0.15) is 28.8 Å². The van der Waals surface area contributed by atoms with Crippen LogP contribution >= 0.6 is 11.3 Å². The maximum Gasteiger partial charge on any atom is 0.256 e. The van der Waals surface area contributed by atoms with Crippen molar-refractivity contribution in [1.82, 2.24) is 4.90 Å². The molecule has 1 saturated heterocycles. The molecule has 2 heterocycles. The number of amides is 2. The largest absolute Gasteiger partial charge is 0.376 e. The Morgan fingerprint density at radius 1 is 1.33 bits per heavy atom. The monoisotopic (exact) mass is 388 g/mol. The molecule has 3 rings (SSSR count). The molecule has 1 unspecified atom stereocenters. The molecule has 2 amide bonds. The first kappa shape index (κ1) is 19.5. The number of thiophene rings is 1. The summed E-state index contributed by atoms with van der Waals surface area (Å²) in [6.07, 6.45) is 2.04. The number of carbonyl (C=O) groups is 2. The van der Waals surface area contributed by atoms with E-state index in [1.807, 2.05) is 16.8 Å². The van der Waals surface area contributed by atoms with Crippen LogP contribution in [-0.2, 0) is 20.8 Å². The lowest BCUT2D eigenvalue weighted by atomic mass is 10.1. The summed E-state index contributed by atoms with van der Waals surface area (Å²) in [6.45, 7) is 1.74. The van der Waals surface area contributed by atoms with Gasteiger partial charge in [0.25, 0.3) is 5.91 Å². The lowest BCUT2D eigenvalue weighted by molar-refractivity contribution is -0.119. The van der Waals surface area contributed by atoms with Crippen molar-refractivity contribution in [1.29, 1.82) is 0 Å². The first-order chi connectivity index (χ1) is 13.2. The van der Waals surface area contributed by atoms with Crippen LogP contribution in [0, 0.1) is 0 Å². The molecule has 6 nitrogen and oxygen atoms in total. The molecule has 0 radical (unpaired) electrons. The molecule has 0 aliphatic carbocycles. The topological polar surface area (TPSA) is 67.9 Å². The van der Waals surface area contributed by atoms with Crippen LogP contribution in [0.5, 0.6) is 0 Å². The van der Waals surface area contributed by atoms with Crippen LogP contribution in [0.2, 0.25) is 0 Å². The molecule has 1 aliphatic heterocycles. The van der Waals surface area contributed by atoms with E-state index in [2.05, 4.69) is 5.32 Å². The highest BCUT2D eigenvalue weighted by Crippen LogP contribution is 2.22. The fourth-order valence-electron chi connectivity index (χ4n) is 3.12. The number of nitrogens with one attached hydrogen (secondary N) is 1. The minimum Gasteiger partial charge on any atom is -0.376 e. The van der Waals surface area contributed by atoms with E-state index < -0.39 is 0 Å². The zero-order valence-corrected chi connectivity index (χ0v) is 16.2. The molecule has 1 aromatic carbocycles. The molecular weight excluding hydrogens is 364 g/mol. The highest BCUT2D eigenvalue weighted by atomic mass is 32.1. The summed E-state index contributed by atoms with van der Waals surface area (Å²) in [5.74, 6) is -0.411. The van der Waals surface area contributed by atoms with Gasteiger partial charge in [0.2, 0.25) is 5.91 Å². The number of hydrogen-bond acceptors (Lipinski definition) is 5. The number of methoxy groups -OCH3 is 1. The number of carbonyl (C=O) groups excluding carboxylic acids is 2. The second-order valence-corrected chi connectivity index (χ2v) is 7.26. The minimum atomic E-state index is -0.290. The van der Waals surface area contributed by atoms with Crippen LogP contribution in [0.25, 0.3) is 0 Å². The van der Waals surface area contributed by atoms with Crippen LogP contribution < -0.4 is 5.32 Å².